The molecule has 3 rings (SSSR count). The van der Waals surface area contributed by atoms with E-state index >= 15 is 0 Å². The van der Waals surface area contributed by atoms with Crippen LogP contribution in [0.15, 0.2) is 54.6 Å². The Balaban J connectivity index is 1.80. The molecule has 0 spiro atoms. The first kappa shape index (κ1) is 16.5. The van der Waals surface area contributed by atoms with Gasteiger partial charge in [-0.2, -0.15) is 0 Å². The smallest absolute Gasteiger partial charge is 0.0406 e. The van der Waals surface area contributed by atoms with E-state index in [1.807, 2.05) is 12.1 Å². The van der Waals surface area contributed by atoms with Crippen molar-refractivity contribution in [2.24, 2.45) is 5.73 Å². The van der Waals surface area contributed by atoms with Crippen LogP contribution in [0, 0.1) is 0 Å². The Labute approximate surface area is 144 Å². The quantitative estimate of drug-likeness (QED) is 0.879. The molecule has 0 radical (unpaired) electrons. The van der Waals surface area contributed by atoms with Crippen LogP contribution in [-0.4, -0.2) is 24.0 Å². The maximum atomic E-state index is 6.17. The minimum Gasteiger partial charge on any atom is -0.330 e. The number of hydrogen-bond acceptors (Lipinski definition) is 2. The molecule has 0 aromatic heterocycles. The summed E-state index contributed by atoms with van der Waals surface area (Å²) in [5.41, 5.74) is 8.86. The summed E-state index contributed by atoms with van der Waals surface area (Å²) in [6, 6.07) is 19.5. The van der Waals surface area contributed by atoms with Crippen LogP contribution in [0.2, 0.25) is 5.02 Å². The van der Waals surface area contributed by atoms with Gasteiger partial charge in [-0.05, 0) is 42.6 Å². The molecule has 0 saturated carbocycles. The standard InChI is InChI=1S/C20H25ClN2/c21-18-11-9-17(10-12-18)19(14-22)20-8-4-5-13-23(20)15-16-6-2-1-3-7-16/h1-3,6-7,9-12,19-20H,4-5,8,13-15,22H2. The predicted octanol–water partition coefficient (Wildman–Crippen LogP) is 4.44. The van der Waals surface area contributed by atoms with Crippen LogP contribution in [0.4, 0.5) is 0 Å². The van der Waals surface area contributed by atoms with E-state index in [1.165, 1.54) is 30.4 Å². The van der Waals surface area contributed by atoms with Crippen molar-refractivity contribution in [3.8, 4) is 0 Å². The summed E-state index contributed by atoms with van der Waals surface area (Å²) in [5, 5.41) is 0.786. The zero-order valence-electron chi connectivity index (χ0n) is 13.5. The van der Waals surface area contributed by atoms with Gasteiger partial charge in [-0.1, -0.05) is 60.5 Å². The topological polar surface area (TPSA) is 29.3 Å². The lowest BCUT2D eigenvalue weighted by Gasteiger charge is -2.40. The second kappa shape index (κ2) is 7.96. The number of nitrogens with zero attached hydrogens (tertiary/aromatic N) is 1. The lowest BCUT2D eigenvalue weighted by Crippen LogP contribution is -2.44. The van der Waals surface area contributed by atoms with Crippen molar-refractivity contribution in [2.45, 2.75) is 37.8 Å². The van der Waals surface area contributed by atoms with Gasteiger partial charge in [0.05, 0.1) is 0 Å². The van der Waals surface area contributed by atoms with E-state index < -0.39 is 0 Å². The van der Waals surface area contributed by atoms with Crippen LogP contribution in [0.25, 0.3) is 0 Å². The summed E-state index contributed by atoms with van der Waals surface area (Å²) in [4.78, 5) is 2.62. The molecule has 3 heteroatoms. The Bertz CT molecular complexity index is 597. The highest BCUT2D eigenvalue weighted by Crippen LogP contribution is 2.31. The number of nitrogens with two attached hydrogens (primary N) is 1. The van der Waals surface area contributed by atoms with Gasteiger partial charge in [0.25, 0.3) is 0 Å². The van der Waals surface area contributed by atoms with Crippen LogP contribution in [0.5, 0.6) is 0 Å². The van der Waals surface area contributed by atoms with Gasteiger partial charge in [-0.15, -0.1) is 0 Å². The van der Waals surface area contributed by atoms with Crippen molar-refractivity contribution in [2.75, 3.05) is 13.1 Å². The maximum Gasteiger partial charge on any atom is 0.0406 e. The number of rotatable bonds is 5. The highest BCUT2D eigenvalue weighted by Gasteiger charge is 2.30. The highest BCUT2D eigenvalue weighted by atomic mass is 35.5. The van der Waals surface area contributed by atoms with Gasteiger partial charge in [-0.25, -0.2) is 0 Å². The summed E-state index contributed by atoms with van der Waals surface area (Å²) in [6.07, 6.45) is 3.79. The lowest BCUT2D eigenvalue weighted by atomic mass is 9.85. The number of hydrogen-bond donors (Lipinski definition) is 1. The molecule has 2 aromatic carbocycles. The second-order valence-corrected chi connectivity index (χ2v) is 6.85. The summed E-state index contributed by atoms with van der Waals surface area (Å²) < 4.78 is 0. The molecule has 1 fully saturated rings. The lowest BCUT2D eigenvalue weighted by molar-refractivity contribution is 0.119. The number of halogens is 1. The average molecular weight is 329 g/mol. The summed E-state index contributed by atoms with van der Waals surface area (Å²) in [5.74, 6) is 0.372. The van der Waals surface area contributed by atoms with E-state index in [1.54, 1.807) is 0 Å². The molecular weight excluding hydrogens is 304 g/mol. The monoisotopic (exact) mass is 328 g/mol. The largest absolute Gasteiger partial charge is 0.330 e. The summed E-state index contributed by atoms with van der Waals surface area (Å²) >= 11 is 6.04. The Hall–Kier alpha value is -1.35. The van der Waals surface area contributed by atoms with Gasteiger partial charge in [0.15, 0.2) is 0 Å². The van der Waals surface area contributed by atoms with E-state index in [0.717, 1.165) is 18.1 Å². The molecule has 2 unspecified atom stereocenters. The Morgan fingerprint density at radius 1 is 1.04 bits per heavy atom. The van der Waals surface area contributed by atoms with Gasteiger partial charge in [0, 0.05) is 30.1 Å². The highest BCUT2D eigenvalue weighted by molar-refractivity contribution is 6.30. The van der Waals surface area contributed by atoms with Gasteiger partial charge in [-0.3, -0.25) is 4.90 Å². The third-order valence-corrected chi connectivity index (χ3v) is 5.16. The molecule has 2 nitrogen and oxygen atoms in total. The molecule has 2 aromatic rings. The third kappa shape index (κ3) is 4.14. The maximum absolute atomic E-state index is 6.17. The van der Waals surface area contributed by atoms with Crippen LogP contribution >= 0.6 is 11.6 Å². The number of benzene rings is 2. The first-order valence-corrected chi connectivity index (χ1v) is 8.89. The van der Waals surface area contributed by atoms with Crippen LogP contribution in [0.3, 0.4) is 0 Å². The molecule has 1 saturated heterocycles. The molecule has 122 valence electrons. The van der Waals surface area contributed by atoms with Crippen molar-refractivity contribution in [3.05, 3.63) is 70.7 Å². The molecule has 2 N–H and O–H groups in total. The van der Waals surface area contributed by atoms with E-state index in [9.17, 15) is 0 Å². The Morgan fingerprint density at radius 2 is 1.78 bits per heavy atom. The summed E-state index contributed by atoms with van der Waals surface area (Å²) in [7, 11) is 0. The average Bonchev–Trinajstić information content (AvgIpc) is 2.59. The zero-order valence-corrected chi connectivity index (χ0v) is 14.3. The number of piperidine rings is 1. The van der Waals surface area contributed by atoms with E-state index in [2.05, 4.69) is 47.4 Å². The van der Waals surface area contributed by atoms with E-state index in [4.69, 9.17) is 17.3 Å². The van der Waals surface area contributed by atoms with Gasteiger partial charge in [0.1, 0.15) is 0 Å². The molecular formula is C20H25ClN2. The van der Waals surface area contributed by atoms with Gasteiger partial charge < -0.3 is 5.73 Å². The third-order valence-electron chi connectivity index (χ3n) is 4.91. The minimum atomic E-state index is 0.372. The normalized spacial score (nSPS) is 20.3. The molecule has 0 amide bonds. The fraction of sp³-hybridized carbons (Fsp3) is 0.400. The Kier molecular flexibility index (Phi) is 5.71. The predicted molar refractivity (Wildman–Crippen MR) is 97.7 cm³/mol. The second-order valence-electron chi connectivity index (χ2n) is 6.41. The van der Waals surface area contributed by atoms with Crippen molar-refractivity contribution in [1.82, 2.24) is 4.90 Å². The molecule has 1 aliphatic heterocycles. The SMILES string of the molecule is NCC(c1ccc(Cl)cc1)C1CCCCN1Cc1ccccc1. The summed E-state index contributed by atoms with van der Waals surface area (Å²) in [6.45, 7) is 2.84. The Morgan fingerprint density at radius 3 is 2.48 bits per heavy atom. The molecule has 1 aliphatic rings. The van der Waals surface area contributed by atoms with Crippen molar-refractivity contribution in [3.63, 3.8) is 0 Å². The van der Waals surface area contributed by atoms with Crippen LogP contribution in [-0.2, 0) is 6.54 Å². The molecule has 1 heterocycles. The molecule has 0 bridgehead atoms. The minimum absolute atomic E-state index is 0.372. The van der Waals surface area contributed by atoms with E-state index in [-0.39, 0.29) is 0 Å². The first-order valence-electron chi connectivity index (χ1n) is 8.51. The zero-order chi connectivity index (χ0) is 16.1. The van der Waals surface area contributed by atoms with Crippen LogP contribution in [0.1, 0.15) is 36.3 Å². The van der Waals surface area contributed by atoms with E-state index in [0.29, 0.717) is 18.5 Å². The molecule has 2 atom stereocenters. The fourth-order valence-electron chi connectivity index (χ4n) is 3.71. The molecule has 23 heavy (non-hydrogen) atoms. The van der Waals surface area contributed by atoms with Crippen molar-refractivity contribution in [1.29, 1.82) is 0 Å². The fourth-order valence-corrected chi connectivity index (χ4v) is 3.84. The first-order chi connectivity index (χ1) is 11.3. The van der Waals surface area contributed by atoms with Crippen molar-refractivity contribution < 1.29 is 0 Å². The van der Waals surface area contributed by atoms with Crippen LogP contribution < -0.4 is 5.73 Å². The van der Waals surface area contributed by atoms with Crippen molar-refractivity contribution >= 4 is 11.6 Å². The number of likely N-dealkylation sites (tertiary alicyclic amines) is 1. The van der Waals surface area contributed by atoms with Gasteiger partial charge >= 0.3 is 0 Å². The van der Waals surface area contributed by atoms with Gasteiger partial charge in [0.2, 0.25) is 0 Å². The molecule has 0 aliphatic carbocycles.